The molecule has 0 unspecified atom stereocenters. The molecule has 0 aliphatic carbocycles. The van der Waals surface area contributed by atoms with Crippen LogP contribution in [0.25, 0.3) is 0 Å². The van der Waals surface area contributed by atoms with Crippen LogP contribution in [0.15, 0.2) is 12.1 Å². The molecule has 0 saturated heterocycles. The molecule has 0 aliphatic heterocycles. The van der Waals surface area contributed by atoms with E-state index >= 15 is 0 Å². The van der Waals surface area contributed by atoms with Crippen molar-refractivity contribution in [3.63, 3.8) is 0 Å². The molecule has 0 heterocycles. The molecule has 54 valence electrons. The number of halogens is 2. The minimum absolute atomic E-state index is 0.0394. The van der Waals surface area contributed by atoms with Gasteiger partial charge < -0.3 is 10.2 Å². The van der Waals surface area contributed by atoms with Gasteiger partial charge in [-0.2, -0.15) is 0 Å². The van der Waals surface area contributed by atoms with E-state index in [2.05, 4.69) is 0 Å². The van der Waals surface area contributed by atoms with Crippen molar-refractivity contribution in [1.29, 1.82) is 0 Å². The highest BCUT2D eigenvalue weighted by Gasteiger charge is 2.07. The molecule has 0 spiro atoms. The van der Waals surface area contributed by atoms with Gasteiger partial charge in [0.05, 0.1) is 3.57 Å². The highest BCUT2D eigenvalue weighted by atomic mass is 127. The van der Waals surface area contributed by atoms with Crippen molar-refractivity contribution in [2.24, 2.45) is 0 Å². The van der Waals surface area contributed by atoms with Crippen LogP contribution in [0.2, 0.25) is 0 Å². The van der Waals surface area contributed by atoms with Crippen molar-refractivity contribution in [2.45, 2.75) is 0 Å². The molecule has 2 nitrogen and oxygen atoms in total. The Hall–Kier alpha value is -0.520. The predicted molar refractivity (Wildman–Crippen MR) is 42.4 cm³/mol. The molecule has 0 radical (unpaired) electrons. The van der Waals surface area contributed by atoms with E-state index in [1.807, 2.05) is 0 Å². The molecule has 1 aromatic carbocycles. The molecular formula is C6H4FIO2. The molecule has 0 aliphatic rings. The summed E-state index contributed by atoms with van der Waals surface area (Å²) in [6, 6.07) is 2.20. The maximum atomic E-state index is 12.5. The second kappa shape index (κ2) is 2.61. The summed E-state index contributed by atoms with van der Waals surface area (Å²) in [5.41, 5.74) is 0. The van der Waals surface area contributed by atoms with Crippen LogP contribution in [0.3, 0.4) is 0 Å². The normalized spacial score (nSPS) is 9.80. The summed E-state index contributed by atoms with van der Waals surface area (Å²) in [5, 5.41) is 17.7. The lowest BCUT2D eigenvalue weighted by Crippen LogP contribution is -1.81. The summed E-state index contributed by atoms with van der Waals surface area (Å²) in [4.78, 5) is 0. The first-order valence-corrected chi connectivity index (χ1v) is 3.56. The first kappa shape index (κ1) is 7.59. The average molecular weight is 254 g/mol. The predicted octanol–water partition coefficient (Wildman–Crippen LogP) is 1.84. The van der Waals surface area contributed by atoms with Gasteiger partial charge in [-0.1, -0.05) is 0 Å². The number of phenols is 2. The maximum Gasteiger partial charge on any atom is 0.174 e. The van der Waals surface area contributed by atoms with Crippen molar-refractivity contribution >= 4 is 22.6 Å². The largest absolute Gasteiger partial charge is 0.504 e. The Morgan fingerprint density at radius 1 is 1.30 bits per heavy atom. The van der Waals surface area contributed by atoms with Gasteiger partial charge in [-0.25, -0.2) is 4.39 Å². The van der Waals surface area contributed by atoms with E-state index < -0.39 is 11.6 Å². The van der Waals surface area contributed by atoms with Gasteiger partial charge in [-0.15, -0.1) is 0 Å². The number of hydrogen-bond acceptors (Lipinski definition) is 2. The SMILES string of the molecule is Oc1ccc(F)c(I)c1O. The van der Waals surface area contributed by atoms with Gasteiger partial charge >= 0.3 is 0 Å². The molecule has 0 amide bonds. The van der Waals surface area contributed by atoms with Crippen LogP contribution >= 0.6 is 22.6 Å². The van der Waals surface area contributed by atoms with E-state index in [9.17, 15) is 4.39 Å². The number of rotatable bonds is 0. The third-order valence-electron chi connectivity index (χ3n) is 1.05. The number of phenolic OH excluding ortho intramolecular Hbond substituents is 2. The lowest BCUT2D eigenvalue weighted by Gasteiger charge is -1.99. The summed E-state index contributed by atoms with van der Waals surface area (Å²) in [6.07, 6.45) is 0. The van der Waals surface area contributed by atoms with Gasteiger partial charge in [0, 0.05) is 0 Å². The van der Waals surface area contributed by atoms with Crippen LogP contribution in [0.4, 0.5) is 4.39 Å². The van der Waals surface area contributed by atoms with Gasteiger partial charge in [0.25, 0.3) is 0 Å². The monoisotopic (exact) mass is 254 g/mol. The Labute approximate surface area is 70.4 Å². The molecule has 2 N–H and O–H groups in total. The number of aromatic hydroxyl groups is 2. The molecule has 0 atom stereocenters. The van der Waals surface area contributed by atoms with E-state index in [0.29, 0.717) is 0 Å². The summed E-state index contributed by atoms with van der Waals surface area (Å²) in [6.45, 7) is 0. The molecule has 1 aromatic rings. The Morgan fingerprint density at radius 2 is 1.90 bits per heavy atom. The van der Waals surface area contributed by atoms with Crippen molar-refractivity contribution < 1.29 is 14.6 Å². The van der Waals surface area contributed by atoms with E-state index in [4.69, 9.17) is 10.2 Å². The fraction of sp³-hybridized carbons (Fsp3) is 0. The van der Waals surface area contributed by atoms with E-state index in [0.717, 1.165) is 12.1 Å². The zero-order valence-electron chi connectivity index (χ0n) is 4.81. The quantitative estimate of drug-likeness (QED) is 0.547. The van der Waals surface area contributed by atoms with Crippen molar-refractivity contribution in [2.75, 3.05) is 0 Å². The third-order valence-corrected chi connectivity index (χ3v) is 2.07. The molecule has 0 aromatic heterocycles. The fourth-order valence-electron chi connectivity index (χ4n) is 0.530. The highest BCUT2D eigenvalue weighted by molar-refractivity contribution is 14.1. The summed E-state index contributed by atoms with van der Waals surface area (Å²) >= 11 is 1.61. The summed E-state index contributed by atoms with van der Waals surface area (Å²) < 4.78 is 12.5. The third kappa shape index (κ3) is 1.16. The van der Waals surface area contributed by atoms with Crippen LogP contribution in [0, 0.1) is 9.39 Å². The van der Waals surface area contributed by atoms with Crippen molar-refractivity contribution in [3.05, 3.63) is 21.5 Å². The minimum atomic E-state index is -0.532. The molecule has 1 rings (SSSR count). The lowest BCUT2D eigenvalue weighted by atomic mass is 10.3. The molecule has 0 bridgehead atoms. The van der Waals surface area contributed by atoms with Crippen LogP contribution in [0.5, 0.6) is 11.5 Å². The Bertz CT molecular complexity index is 235. The van der Waals surface area contributed by atoms with E-state index in [1.54, 1.807) is 22.6 Å². The summed E-state index contributed by atoms with van der Waals surface area (Å²) in [7, 11) is 0. The first-order valence-electron chi connectivity index (χ1n) is 2.49. The Morgan fingerprint density at radius 3 is 2.40 bits per heavy atom. The average Bonchev–Trinajstić information content (AvgIpc) is 1.93. The molecular weight excluding hydrogens is 250 g/mol. The van der Waals surface area contributed by atoms with E-state index in [1.165, 1.54) is 0 Å². The maximum absolute atomic E-state index is 12.5. The smallest absolute Gasteiger partial charge is 0.174 e. The molecule has 0 fully saturated rings. The topological polar surface area (TPSA) is 40.5 Å². The van der Waals surface area contributed by atoms with Gasteiger partial charge in [0.15, 0.2) is 11.5 Å². The van der Waals surface area contributed by atoms with Crippen molar-refractivity contribution in [3.8, 4) is 11.5 Å². The van der Waals surface area contributed by atoms with Gasteiger partial charge in [0.2, 0.25) is 0 Å². The second-order valence-corrected chi connectivity index (χ2v) is 2.81. The van der Waals surface area contributed by atoms with Gasteiger partial charge in [0.1, 0.15) is 5.82 Å². The van der Waals surface area contributed by atoms with Crippen molar-refractivity contribution in [1.82, 2.24) is 0 Å². The summed E-state index contributed by atoms with van der Waals surface area (Å²) in [5.74, 6) is -1.23. The van der Waals surface area contributed by atoms with Crippen LogP contribution in [0.1, 0.15) is 0 Å². The molecule has 0 saturated carbocycles. The second-order valence-electron chi connectivity index (χ2n) is 1.73. The van der Waals surface area contributed by atoms with Crippen LogP contribution in [-0.4, -0.2) is 10.2 Å². The Balaban J connectivity index is 3.34. The van der Waals surface area contributed by atoms with E-state index in [-0.39, 0.29) is 9.32 Å². The number of benzene rings is 1. The molecule has 4 heteroatoms. The van der Waals surface area contributed by atoms with Gasteiger partial charge in [-0.3, -0.25) is 0 Å². The van der Waals surface area contributed by atoms with Gasteiger partial charge in [-0.05, 0) is 34.7 Å². The molecule has 10 heavy (non-hydrogen) atoms. The van der Waals surface area contributed by atoms with Crippen LogP contribution < -0.4 is 0 Å². The zero-order chi connectivity index (χ0) is 7.72. The minimum Gasteiger partial charge on any atom is -0.504 e. The van der Waals surface area contributed by atoms with Crippen LogP contribution in [-0.2, 0) is 0 Å². The standard InChI is InChI=1S/C6H4FIO2/c7-3-1-2-4(9)6(10)5(3)8/h1-2,9-10H. The fourth-order valence-corrected chi connectivity index (χ4v) is 0.986. The zero-order valence-corrected chi connectivity index (χ0v) is 6.96. The Kier molecular flexibility index (Phi) is 1.98. The number of hydrogen-bond donors (Lipinski definition) is 2. The highest BCUT2D eigenvalue weighted by Crippen LogP contribution is 2.31. The first-order chi connectivity index (χ1) is 4.63. The lowest BCUT2D eigenvalue weighted by molar-refractivity contribution is 0.396.